The number of anilines is 1. The first-order chi connectivity index (χ1) is 10.1. The second-order valence-electron chi connectivity index (χ2n) is 4.63. The van der Waals surface area contributed by atoms with Gasteiger partial charge < -0.3 is 10.1 Å². The van der Waals surface area contributed by atoms with Crippen LogP contribution in [0.15, 0.2) is 28.9 Å². The molecule has 0 unspecified atom stereocenters. The van der Waals surface area contributed by atoms with E-state index in [0.717, 1.165) is 48.0 Å². The van der Waals surface area contributed by atoms with Gasteiger partial charge in [0.1, 0.15) is 0 Å². The maximum Gasteiger partial charge on any atom is 0.207 e. The summed E-state index contributed by atoms with van der Waals surface area (Å²) < 4.78 is 8.20. The highest BCUT2D eigenvalue weighted by Crippen LogP contribution is 2.30. The number of benzene rings is 1. The number of ether oxygens (including phenoxy) is 1. The van der Waals surface area contributed by atoms with E-state index in [4.69, 9.17) is 16.3 Å². The van der Waals surface area contributed by atoms with Crippen molar-refractivity contribution >= 4 is 33.5 Å². The number of rotatable bonds is 7. The molecule has 21 heavy (non-hydrogen) atoms. The van der Waals surface area contributed by atoms with E-state index in [1.807, 2.05) is 42.8 Å². The molecule has 0 aliphatic rings. The number of aromatic nitrogens is 2. The highest BCUT2D eigenvalue weighted by atomic mass is 79.9. The average molecular weight is 373 g/mol. The summed E-state index contributed by atoms with van der Waals surface area (Å²) in [6.07, 6.45) is 2.93. The van der Waals surface area contributed by atoms with E-state index in [1.165, 1.54) is 0 Å². The number of halogens is 2. The van der Waals surface area contributed by atoms with Crippen molar-refractivity contribution in [3.8, 4) is 5.69 Å². The molecule has 4 nitrogen and oxygen atoms in total. The molecular formula is C15H19BrClN3O. The molecule has 1 aromatic carbocycles. The molecule has 0 amide bonds. The summed E-state index contributed by atoms with van der Waals surface area (Å²) in [5.41, 5.74) is 1.92. The predicted octanol–water partition coefficient (Wildman–Crippen LogP) is 4.44. The third-order valence-corrected chi connectivity index (χ3v) is 4.35. The van der Waals surface area contributed by atoms with E-state index >= 15 is 0 Å². The Bertz CT molecular complexity index is 601. The Labute approximate surface area is 138 Å². The van der Waals surface area contributed by atoms with Crippen molar-refractivity contribution in [3.63, 3.8) is 0 Å². The van der Waals surface area contributed by atoms with Gasteiger partial charge in [0.25, 0.3) is 0 Å². The zero-order valence-corrected chi connectivity index (χ0v) is 14.5. The molecule has 2 rings (SSSR count). The van der Waals surface area contributed by atoms with Crippen LogP contribution in [0.3, 0.4) is 0 Å². The van der Waals surface area contributed by atoms with E-state index in [1.54, 1.807) is 0 Å². The number of nitrogens with zero attached hydrogens (tertiary/aromatic N) is 2. The summed E-state index contributed by atoms with van der Waals surface area (Å²) in [5, 5.41) is 4.03. The van der Waals surface area contributed by atoms with Crippen LogP contribution in [0.5, 0.6) is 0 Å². The van der Waals surface area contributed by atoms with Gasteiger partial charge in [-0.2, -0.15) is 0 Å². The first-order valence-corrected chi connectivity index (χ1v) is 8.12. The van der Waals surface area contributed by atoms with Crippen LogP contribution in [-0.4, -0.2) is 29.3 Å². The minimum atomic E-state index is 0.682. The molecule has 0 atom stereocenters. The SMILES string of the molecule is CCOCCCNc1nc(C)cn1-c1cccc(Cl)c1Br. The first kappa shape index (κ1) is 16.3. The fourth-order valence-corrected chi connectivity index (χ4v) is 2.63. The van der Waals surface area contributed by atoms with Crippen molar-refractivity contribution in [2.45, 2.75) is 20.3 Å². The molecule has 6 heteroatoms. The molecule has 1 aromatic heterocycles. The lowest BCUT2D eigenvalue weighted by molar-refractivity contribution is 0.147. The quantitative estimate of drug-likeness (QED) is 0.731. The zero-order chi connectivity index (χ0) is 15.2. The molecule has 0 aliphatic heterocycles. The van der Waals surface area contributed by atoms with Crippen molar-refractivity contribution in [2.75, 3.05) is 25.1 Å². The van der Waals surface area contributed by atoms with Crippen molar-refractivity contribution < 1.29 is 4.74 Å². The van der Waals surface area contributed by atoms with E-state index in [0.29, 0.717) is 5.02 Å². The van der Waals surface area contributed by atoms with Crippen molar-refractivity contribution in [2.24, 2.45) is 0 Å². The lowest BCUT2D eigenvalue weighted by Crippen LogP contribution is -2.10. The highest BCUT2D eigenvalue weighted by Gasteiger charge is 2.11. The van der Waals surface area contributed by atoms with E-state index in [9.17, 15) is 0 Å². The van der Waals surface area contributed by atoms with Crippen LogP contribution >= 0.6 is 27.5 Å². The number of hydrogen-bond acceptors (Lipinski definition) is 3. The van der Waals surface area contributed by atoms with Crippen molar-refractivity contribution in [1.29, 1.82) is 0 Å². The third kappa shape index (κ3) is 4.22. The van der Waals surface area contributed by atoms with Gasteiger partial charge in [0.2, 0.25) is 5.95 Å². The van der Waals surface area contributed by atoms with Crippen LogP contribution < -0.4 is 5.32 Å². The number of nitrogens with one attached hydrogen (secondary N) is 1. The van der Waals surface area contributed by atoms with Crippen molar-refractivity contribution in [1.82, 2.24) is 9.55 Å². The van der Waals surface area contributed by atoms with Crippen LogP contribution in [0.25, 0.3) is 5.69 Å². The van der Waals surface area contributed by atoms with E-state index < -0.39 is 0 Å². The summed E-state index contributed by atoms with van der Waals surface area (Å²) >= 11 is 9.70. The average Bonchev–Trinajstić information content (AvgIpc) is 2.82. The standard InChI is InChI=1S/C15H19BrClN3O/c1-3-21-9-5-8-18-15-19-11(2)10-20(15)13-7-4-6-12(17)14(13)16/h4,6-7,10H,3,5,8-9H2,1-2H3,(H,18,19). The molecule has 2 aromatic rings. The van der Waals surface area contributed by atoms with Crippen LogP contribution in [0.1, 0.15) is 19.0 Å². The summed E-state index contributed by atoms with van der Waals surface area (Å²) in [5.74, 6) is 0.812. The van der Waals surface area contributed by atoms with Crippen LogP contribution in [0.4, 0.5) is 5.95 Å². The van der Waals surface area contributed by atoms with Crippen LogP contribution in [0.2, 0.25) is 5.02 Å². The lowest BCUT2D eigenvalue weighted by Gasteiger charge is -2.12. The van der Waals surface area contributed by atoms with Crippen molar-refractivity contribution in [3.05, 3.63) is 39.6 Å². The Kier molecular flexibility index (Phi) is 6.08. The molecule has 1 heterocycles. The van der Waals surface area contributed by atoms with Gasteiger partial charge in [-0.15, -0.1) is 0 Å². The fourth-order valence-electron chi connectivity index (χ4n) is 2.00. The predicted molar refractivity (Wildman–Crippen MR) is 90.6 cm³/mol. The van der Waals surface area contributed by atoms with Gasteiger partial charge in [0.15, 0.2) is 0 Å². The van der Waals surface area contributed by atoms with Gasteiger partial charge in [-0.1, -0.05) is 17.7 Å². The molecular weight excluding hydrogens is 354 g/mol. The van der Waals surface area contributed by atoms with Crippen LogP contribution in [0, 0.1) is 6.92 Å². The van der Waals surface area contributed by atoms with Gasteiger partial charge in [0.05, 0.1) is 20.9 Å². The molecule has 1 N–H and O–H groups in total. The first-order valence-electron chi connectivity index (χ1n) is 6.95. The minimum Gasteiger partial charge on any atom is -0.382 e. The lowest BCUT2D eigenvalue weighted by atomic mass is 10.3. The third-order valence-electron chi connectivity index (χ3n) is 2.97. The topological polar surface area (TPSA) is 39.1 Å². The maximum absolute atomic E-state index is 6.17. The Morgan fingerprint density at radius 1 is 1.43 bits per heavy atom. The molecule has 114 valence electrons. The molecule has 0 spiro atoms. The number of hydrogen-bond donors (Lipinski definition) is 1. The Morgan fingerprint density at radius 2 is 2.24 bits per heavy atom. The summed E-state index contributed by atoms with van der Waals surface area (Å²) in [6, 6.07) is 5.78. The molecule has 0 bridgehead atoms. The molecule has 0 aliphatic carbocycles. The van der Waals surface area contributed by atoms with E-state index in [2.05, 4.69) is 26.2 Å². The summed E-state index contributed by atoms with van der Waals surface area (Å²) in [6.45, 7) is 6.29. The zero-order valence-electron chi connectivity index (χ0n) is 12.2. The summed E-state index contributed by atoms with van der Waals surface area (Å²) in [7, 11) is 0. The Morgan fingerprint density at radius 3 is 3.00 bits per heavy atom. The Balaban J connectivity index is 2.15. The molecule has 0 saturated carbocycles. The normalized spacial score (nSPS) is 10.9. The van der Waals surface area contributed by atoms with Gasteiger partial charge >= 0.3 is 0 Å². The molecule has 0 saturated heterocycles. The number of aryl methyl sites for hydroxylation is 1. The van der Waals surface area contributed by atoms with Gasteiger partial charge in [-0.05, 0) is 48.3 Å². The Hall–Kier alpha value is -1.04. The second-order valence-corrected chi connectivity index (χ2v) is 5.83. The number of imidazole rings is 1. The van der Waals surface area contributed by atoms with Gasteiger partial charge in [-0.25, -0.2) is 4.98 Å². The summed E-state index contributed by atoms with van der Waals surface area (Å²) in [4.78, 5) is 4.52. The van der Waals surface area contributed by atoms with Gasteiger partial charge in [0, 0.05) is 26.0 Å². The molecule has 0 fully saturated rings. The van der Waals surface area contributed by atoms with Gasteiger partial charge in [-0.3, -0.25) is 4.57 Å². The smallest absolute Gasteiger partial charge is 0.207 e. The fraction of sp³-hybridized carbons (Fsp3) is 0.400. The highest BCUT2D eigenvalue weighted by molar-refractivity contribution is 9.10. The second kappa shape index (κ2) is 7.82. The molecule has 0 radical (unpaired) electrons. The largest absolute Gasteiger partial charge is 0.382 e. The van der Waals surface area contributed by atoms with E-state index in [-0.39, 0.29) is 0 Å². The monoisotopic (exact) mass is 371 g/mol. The maximum atomic E-state index is 6.17. The minimum absolute atomic E-state index is 0.682. The van der Waals surface area contributed by atoms with Crippen LogP contribution in [-0.2, 0) is 4.74 Å².